The number of hydrogen-bond acceptors (Lipinski definition) is 5. The van der Waals surface area contributed by atoms with Crippen molar-refractivity contribution in [2.24, 2.45) is 11.8 Å². The second kappa shape index (κ2) is 6.07. The Balaban J connectivity index is 2.06. The average Bonchev–Trinajstić information content (AvgIpc) is 3.03. The SMILES string of the molecule is CCc1nnc(NC(=O)N2C[C@@H](C(F)(F)F)[C@H](C(=O)O)C2)s1. The molecule has 0 bridgehead atoms. The van der Waals surface area contributed by atoms with Gasteiger partial charge in [0.15, 0.2) is 0 Å². The molecule has 7 nitrogen and oxygen atoms in total. The smallest absolute Gasteiger partial charge is 0.394 e. The molecular formula is C11H13F3N4O3S. The molecule has 1 aliphatic heterocycles. The summed E-state index contributed by atoms with van der Waals surface area (Å²) in [6.07, 6.45) is -4.05. The van der Waals surface area contributed by atoms with E-state index in [2.05, 4.69) is 15.5 Å². The molecular weight excluding hydrogens is 325 g/mol. The van der Waals surface area contributed by atoms with E-state index >= 15 is 0 Å². The Kier molecular flexibility index (Phi) is 4.54. The zero-order chi connectivity index (χ0) is 16.5. The first-order chi connectivity index (χ1) is 10.2. The quantitative estimate of drug-likeness (QED) is 0.877. The van der Waals surface area contributed by atoms with Gasteiger partial charge >= 0.3 is 18.2 Å². The zero-order valence-corrected chi connectivity index (χ0v) is 12.2. The molecule has 22 heavy (non-hydrogen) atoms. The number of rotatable bonds is 3. The van der Waals surface area contributed by atoms with Gasteiger partial charge in [-0.05, 0) is 6.42 Å². The highest BCUT2D eigenvalue weighted by atomic mass is 32.1. The summed E-state index contributed by atoms with van der Waals surface area (Å²) in [6, 6.07) is -0.809. The molecule has 2 rings (SSSR count). The molecule has 2 amide bonds. The molecule has 0 unspecified atom stereocenters. The number of anilines is 1. The van der Waals surface area contributed by atoms with E-state index in [0.29, 0.717) is 11.4 Å². The second-order valence-corrected chi connectivity index (χ2v) is 5.84. The third kappa shape index (κ3) is 3.46. The number of alkyl halides is 3. The molecule has 122 valence electrons. The molecule has 0 radical (unpaired) electrons. The zero-order valence-electron chi connectivity index (χ0n) is 11.4. The minimum absolute atomic E-state index is 0.171. The number of aliphatic carboxylic acids is 1. The lowest BCUT2D eigenvalue weighted by atomic mass is 9.96. The van der Waals surface area contributed by atoms with Crippen molar-refractivity contribution in [3.05, 3.63) is 5.01 Å². The summed E-state index contributed by atoms with van der Waals surface area (Å²) in [7, 11) is 0. The number of hydrogen-bond donors (Lipinski definition) is 2. The van der Waals surface area contributed by atoms with Crippen LogP contribution in [0.3, 0.4) is 0 Å². The monoisotopic (exact) mass is 338 g/mol. The molecule has 1 aliphatic rings. The van der Waals surface area contributed by atoms with E-state index in [9.17, 15) is 22.8 Å². The number of amides is 2. The van der Waals surface area contributed by atoms with Crippen LogP contribution < -0.4 is 5.32 Å². The van der Waals surface area contributed by atoms with Gasteiger partial charge in [0.25, 0.3) is 0 Å². The summed E-state index contributed by atoms with van der Waals surface area (Å²) >= 11 is 1.11. The first kappa shape index (κ1) is 16.5. The van der Waals surface area contributed by atoms with Crippen LogP contribution in [0.4, 0.5) is 23.1 Å². The normalized spacial score (nSPS) is 21.9. The Morgan fingerprint density at radius 2 is 2.09 bits per heavy atom. The largest absolute Gasteiger partial charge is 0.481 e. The molecule has 1 aromatic rings. The lowest BCUT2D eigenvalue weighted by Gasteiger charge is -2.18. The fraction of sp³-hybridized carbons (Fsp3) is 0.636. The maximum Gasteiger partial charge on any atom is 0.394 e. The van der Waals surface area contributed by atoms with E-state index < -0.39 is 43.1 Å². The van der Waals surface area contributed by atoms with Crippen molar-refractivity contribution in [2.75, 3.05) is 18.4 Å². The molecule has 0 saturated carbocycles. The van der Waals surface area contributed by atoms with Crippen LogP contribution in [-0.2, 0) is 11.2 Å². The average molecular weight is 338 g/mol. The number of carbonyl (C=O) groups excluding carboxylic acids is 1. The lowest BCUT2D eigenvalue weighted by Crippen LogP contribution is -2.35. The van der Waals surface area contributed by atoms with Gasteiger partial charge in [0.1, 0.15) is 5.01 Å². The number of carbonyl (C=O) groups is 2. The summed E-state index contributed by atoms with van der Waals surface area (Å²) < 4.78 is 38.5. The van der Waals surface area contributed by atoms with Gasteiger partial charge in [-0.1, -0.05) is 18.3 Å². The van der Waals surface area contributed by atoms with E-state index in [4.69, 9.17) is 5.11 Å². The molecule has 0 aromatic carbocycles. The number of halogens is 3. The van der Waals surface area contributed by atoms with E-state index in [1.807, 2.05) is 6.92 Å². The minimum atomic E-state index is -4.67. The highest BCUT2D eigenvalue weighted by Crippen LogP contribution is 2.37. The Bertz CT molecular complexity index is 577. The molecule has 11 heteroatoms. The van der Waals surface area contributed by atoms with E-state index in [-0.39, 0.29) is 5.13 Å². The second-order valence-electron chi connectivity index (χ2n) is 4.78. The van der Waals surface area contributed by atoms with Gasteiger partial charge in [-0.15, -0.1) is 10.2 Å². The van der Waals surface area contributed by atoms with Crippen LogP contribution in [0.1, 0.15) is 11.9 Å². The highest BCUT2D eigenvalue weighted by Gasteiger charge is 2.53. The molecule has 1 saturated heterocycles. The first-order valence-corrected chi connectivity index (χ1v) is 7.21. The standard InChI is InChI=1S/C11H13F3N4O3S/c1-2-7-16-17-9(22-7)15-10(21)18-3-5(8(19)20)6(4-18)11(12,13)14/h5-6H,2-4H2,1H3,(H,19,20)(H,15,17,21)/t5-,6-/m1/s1. The predicted octanol–water partition coefficient (Wildman–Crippen LogP) is 1.83. The number of aromatic nitrogens is 2. The van der Waals surface area contributed by atoms with Crippen molar-refractivity contribution in [3.63, 3.8) is 0 Å². The molecule has 2 heterocycles. The Hall–Kier alpha value is -1.91. The number of carboxylic acids is 1. The Labute approximate surface area is 127 Å². The Morgan fingerprint density at radius 3 is 2.55 bits per heavy atom. The summed E-state index contributed by atoms with van der Waals surface area (Å²) in [5.74, 6) is -5.30. The Morgan fingerprint density at radius 1 is 1.41 bits per heavy atom. The van der Waals surface area contributed by atoms with Crippen molar-refractivity contribution in [2.45, 2.75) is 19.5 Å². The molecule has 1 aromatic heterocycles. The third-order valence-electron chi connectivity index (χ3n) is 3.33. The van der Waals surface area contributed by atoms with Crippen molar-refractivity contribution >= 4 is 28.5 Å². The highest BCUT2D eigenvalue weighted by molar-refractivity contribution is 7.15. The van der Waals surface area contributed by atoms with E-state index in [1.54, 1.807) is 0 Å². The fourth-order valence-corrected chi connectivity index (χ4v) is 2.84. The van der Waals surface area contributed by atoms with Crippen LogP contribution in [0.2, 0.25) is 0 Å². The fourth-order valence-electron chi connectivity index (χ4n) is 2.17. The molecule has 2 N–H and O–H groups in total. The number of aryl methyl sites for hydroxylation is 1. The molecule has 1 fully saturated rings. The topological polar surface area (TPSA) is 95.4 Å². The van der Waals surface area contributed by atoms with E-state index in [0.717, 1.165) is 16.2 Å². The van der Waals surface area contributed by atoms with Crippen molar-refractivity contribution in [1.82, 2.24) is 15.1 Å². The summed E-state index contributed by atoms with van der Waals surface area (Å²) in [5, 5.41) is 19.5. The molecule has 2 atom stereocenters. The van der Waals surface area contributed by atoms with Crippen LogP contribution in [-0.4, -0.2) is 51.5 Å². The van der Waals surface area contributed by atoms with Crippen LogP contribution in [0.25, 0.3) is 0 Å². The number of nitrogens with one attached hydrogen (secondary N) is 1. The molecule has 0 spiro atoms. The van der Waals surface area contributed by atoms with Crippen molar-refractivity contribution in [3.8, 4) is 0 Å². The number of likely N-dealkylation sites (tertiary alicyclic amines) is 1. The number of urea groups is 1. The van der Waals surface area contributed by atoms with Crippen LogP contribution in [0.5, 0.6) is 0 Å². The minimum Gasteiger partial charge on any atom is -0.481 e. The van der Waals surface area contributed by atoms with Gasteiger partial charge in [0.05, 0.1) is 11.8 Å². The summed E-state index contributed by atoms with van der Waals surface area (Å²) in [5.41, 5.74) is 0. The van der Waals surface area contributed by atoms with Gasteiger partial charge in [-0.25, -0.2) is 4.79 Å². The summed E-state index contributed by atoms with van der Waals surface area (Å²) in [6.45, 7) is 0.661. The lowest BCUT2D eigenvalue weighted by molar-refractivity contribution is -0.187. The van der Waals surface area contributed by atoms with Crippen LogP contribution in [0, 0.1) is 11.8 Å². The van der Waals surface area contributed by atoms with E-state index in [1.165, 1.54) is 0 Å². The third-order valence-corrected chi connectivity index (χ3v) is 4.31. The van der Waals surface area contributed by atoms with Crippen molar-refractivity contribution in [1.29, 1.82) is 0 Å². The predicted molar refractivity (Wildman–Crippen MR) is 70.5 cm³/mol. The van der Waals surface area contributed by atoms with Gasteiger partial charge < -0.3 is 10.0 Å². The first-order valence-electron chi connectivity index (χ1n) is 6.40. The maximum absolute atomic E-state index is 12.8. The van der Waals surface area contributed by atoms with Gasteiger partial charge in [0.2, 0.25) is 5.13 Å². The summed E-state index contributed by atoms with van der Waals surface area (Å²) in [4.78, 5) is 23.7. The van der Waals surface area contributed by atoms with Gasteiger partial charge in [-0.3, -0.25) is 10.1 Å². The molecule has 0 aliphatic carbocycles. The number of carboxylic acid groups (broad SMARTS) is 1. The van der Waals surface area contributed by atoms with Gasteiger partial charge in [0, 0.05) is 13.1 Å². The van der Waals surface area contributed by atoms with Crippen molar-refractivity contribution < 1.29 is 27.9 Å². The van der Waals surface area contributed by atoms with Crippen LogP contribution >= 0.6 is 11.3 Å². The number of nitrogens with zero attached hydrogens (tertiary/aromatic N) is 3. The van der Waals surface area contributed by atoms with Crippen LogP contribution in [0.15, 0.2) is 0 Å². The maximum atomic E-state index is 12.8. The van der Waals surface area contributed by atoms with Gasteiger partial charge in [-0.2, -0.15) is 13.2 Å².